The summed E-state index contributed by atoms with van der Waals surface area (Å²) >= 11 is 0. The van der Waals surface area contributed by atoms with E-state index in [1.165, 1.54) is 0 Å². The lowest BCUT2D eigenvalue weighted by atomic mass is 9.92. The molecule has 0 saturated carbocycles. The van der Waals surface area contributed by atoms with E-state index in [4.69, 9.17) is 0 Å². The molecule has 6 heteroatoms. The number of likely N-dealkylation sites (N-methyl/N-ethyl adjacent to an activating group) is 1. The normalized spacial score (nSPS) is 15.9. The van der Waals surface area contributed by atoms with Crippen LogP contribution in [0.3, 0.4) is 0 Å². The van der Waals surface area contributed by atoms with E-state index in [1.54, 1.807) is 0 Å². The van der Waals surface area contributed by atoms with Gasteiger partial charge in [-0.3, -0.25) is 9.59 Å². The highest BCUT2D eigenvalue weighted by molar-refractivity contribution is 6.00. The van der Waals surface area contributed by atoms with E-state index in [0.29, 0.717) is 12.1 Å². The maximum absolute atomic E-state index is 12.8. The molecule has 0 spiro atoms. The summed E-state index contributed by atoms with van der Waals surface area (Å²) in [7, 11) is 0. The molecule has 2 N–H and O–H groups in total. The Morgan fingerprint density at radius 2 is 1.81 bits per heavy atom. The number of aromatic nitrogens is 1. The molecule has 1 aromatic heterocycles. The number of benzene rings is 1. The van der Waals surface area contributed by atoms with Crippen LogP contribution in [0, 0.1) is 5.41 Å². The standard InChI is InChI=1S/C21H30N4O2/c1-5-24-8-10-25(11-9-24)20(27)18-13-15-12-16(6-7-17(15)23-18)22-19(26)14-21(2,3)4/h6-7,12-13,23H,5,8-11,14H2,1-4H3,(H,22,26). The Morgan fingerprint density at radius 1 is 1.11 bits per heavy atom. The van der Waals surface area contributed by atoms with Crippen LogP contribution in [0.25, 0.3) is 10.9 Å². The third-order valence-corrected chi connectivity index (χ3v) is 4.93. The Hall–Kier alpha value is -2.34. The van der Waals surface area contributed by atoms with Crippen molar-refractivity contribution in [3.05, 3.63) is 30.0 Å². The van der Waals surface area contributed by atoms with Gasteiger partial charge in [0.25, 0.3) is 5.91 Å². The number of carbonyl (C=O) groups is 2. The second kappa shape index (κ2) is 7.72. The lowest BCUT2D eigenvalue weighted by Gasteiger charge is -2.33. The zero-order chi connectivity index (χ0) is 19.6. The van der Waals surface area contributed by atoms with Crippen LogP contribution in [0.5, 0.6) is 0 Å². The maximum atomic E-state index is 12.8. The third kappa shape index (κ3) is 4.89. The Balaban J connectivity index is 1.70. The minimum Gasteiger partial charge on any atom is -0.351 e. The smallest absolute Gasteiger partial charge is 0.270 e. The van der Waals surface area contributed by atoms with Crippen molar-refractivity contribution in [1.82, 2.24) is 14.8 Å². The number of rotatable bonds is 4. The summed E-state index contributed by atoms with van der Waals surface area (Å²) in [6, 6.07) is 7.57. The zero-order valence-corrected chi connectivity index (χ0v) is 16.8. The number of hydrogen-bond acceptors (Lipinski definition) is 3. The molecule has 6 nitrogen and oxygen atoms in total. The van der Waals surface area contributed by atoms with Crippen LogP contribution in [-0.4, -0.2) is 59.3 Å². The molecule has 2 amide bonds. The van der Waals surface area contributed by atoms with Gasteiger partial charge in [0.05, 0.1) is 0 Å². The predicted octanol–water partition coefficient (Wildman–Crippen LogP) is 3.32. The predicted molar refractivity (Wildman–Crippen MR) is 109 cm³/mol. The van der Waals surface area contributed by atoms with Crippen molar-refractivity contribution in [2.24, 2.45) is 5.41 Å². The summed E-state index contributed by atoms with van der Waals surface area (Å²) in [6.45, 7) is 12.7. The summed E-state index contributed by atoms with van der Waals surface area (Å²) in [6.07, 6.45) is 0.464. The van der Waals surface area contributed by atoms with E-state index in [9.17, 15) is 9.59 Å². The van der Waals surface area contributed by atoms with Crippen molar-refractivity contribution in [2.75, 3.05) is 38.0 Å². The SMILES string of the molecule is CCN1CCN(C(=O)c2cc3cc(NC(=O)CC(C)(C)C)ccc3[nH]2)CC1. The van der Waals surface area contributed by atoms with Gasteiger partial charge >= 0.3 is 0 Å². The number of carbonyl (C=O) groups excluding carboxylic acids is 2. The number of nitrogens with zero attached hydrogens (tertiary/aromatic N) is 2. The summed E-state index contributed by atoms with van der Waals surface area (Å²) in [4.78, 5) is 32.4. The van der Waals surface area contributed by atoms with Gasteiger partial charge in [0, 0.05) is 49.2 Å². The molecule has 2 aromatic rings. The fraction of sp³-hybridized carbons (Fsp3) is 0.524. The summed E-state index contributed by atoms with van der Waals surface area (Å²) in [5, 5.41) is 3.88. The van der Waals surface area contributed by atoms with Crippen LogP contribution in [-0.2, 0) is 4.79 Å². The van der Waals surface area contributed by atoms with Gasteiger partial charge in [-0.2, -0.15) is 0 Å². The first kappa shape index (κ1) is 19.4. The molecule has 0 bridgehead atoms. The van der Waals surface area contributed by atoms with Crippen LogP contribution in [0.1, 0.15) is 44.6 Å². The Kier molecular flexibility index (Phi) is 5.56. The van der Waals surface area contributed by atoms with Gasteiger partial charge in [0.1, 0.15) is 5.69 Å². The number of piperazine rings is 1. The highest BCUT2D eigenvalue weighted by atomic mass is 16.2. The molecule has 2 heterocycles. The van der Waals surface area contributed by atoms with Crippen molar-refractivity contribution in [3.63, 3.8) is 0 Å². The lowest BCUT2D eigenvalue weighted by molar-refractivity contribution is -0.117. The molecule has 0 unspecified atom stereocenters. The number of nitrogens with one attached hydrogen (secondary N) is 2. The first-order valence-electron chi connectivity index (χ1n) is 9.69. The molecule has 1 aromatic carbocycles. The molecular formula is C21H30N4O2. The molecule has 0 aliphatic carbocycles. The van der Waals surface area contributed by atoms with E-state index in [2.05, 4.69) is 22.1 Å². The van der Waals surface area contributed by atoms with Gasteiger partial charge in [0.2, 0.25) is 5.91 Å². The summed E-state index contributed by atoms with van der Waals surface area (Å²) in [5.74, 6) is 0.0442. The van der Waals surface area contributed by atoms with E-state index >= 15 is 0 Å². The van der Waals surface area contributed by atoms with Crippen LogP contribution < -0.4 is 5.32 Å². The number of hydrogen-bond donors (Lipinski definition) is 2. The highest BCUT2D eigenvalue weighted by Crippen LogP contribution is 2.23. The van der Waals surface area contributed by atoms with E-state index in [-0.39, 0.29) is 17.2 Å². The van der Waals surface area contributed by atoms with Crippen LogP contribution in [0.2, 0.25) is 0 Å². The van der Waals surface area contributed by atoms with Gasteiger partial charge < -0.3 is 20.1 Å². The average Bonchev–Trinajstić information content (AvgIpc) is 3.02. The molecule has 27 heavy (non-hydrogen) atoms. The molecule has 1 fully saturated rings. The van der Waals surface area contributed by atoms with Gasteiger partial charge in [-0.15, -0.1) is 0 Å². The van der Waals surface area contributed by atoms with Gasteiger partial charge in [-0.25, -0.2) is 0 Å². The third-order valence-electron chi connectivity index (χ3n) is 4.93. The first-order valence-corrected chi connectivity index (χ1v) is 9.69. The molecular weight excluding hydrogens is 340 g/mol. The van der Waals surface area contributed by atoms with Crippen LogP contribution in [0.15, 0.2) is 24.3 Å². The van der Waals surface area contributed by atoms with Crippen LogP contribution in [0.4, 0.5) is 5.69 Å². The van der Waals surface area contributed by atoms with Gasteiger partial charge in [-0.05, 0) is 36.2 Å². The highest BCUT2D eigenvalue weighted by Gasteiger charge is 2.22. The second-order valence-electron chi connectivity index (χ2n) is 8.50. The average molecular weight is 370 g/mol. The fourth-order valence-electron chi connectivity index (χ4n) is 3.45. The monoisotopic (exact) mass is 370 g/mol. The zero-order valence-electron chi connectivity index (χ0n) is 16.8. The number of H-pyrrole nitrogens is 1. The Morgan fingerprint density at radius 3 is 2.44 bits per heavy atom. The minimum atomic E-state index is -0.0519. The largest absolute Gasteiger partial charge is 0.351 e. The number of anilines is 1. The first-order chi connectivity index (χ1) is 12.7. The van der Waals surface area contributed by atoms with Crippen molar-refractivity contribution < 1.29 is 9.59 Å². The summed E-state index contributed by atoms with van der Waals surface area (Å²) in [5.41, 5.74) is 2.21. The molecule has 1 aliphatic rings. The molecule has 3 rings (SSSR count). The fourth-order valence-corrected chi connectivity index (χ4v) is 3.45. The molecule has 1 aliphatic heterocycles. The Labute approximate surface area is 160 Å². The van der Waals surface area contributed by atoms with Crippen molar-refractivity contribution >= 4 is 28.4 Å². The molecule has 1 saturated heterocycles. The van der Waals surface area contributed by atoms with E-state index in [0.717, 1.165) is 49.3 Å². The second-order valence-corrected chi connectivity index (χ2v) is 8.50. The van der Waals surface area contributed by atoms with Crippen LogP contribution >= 0.6 is 0 Å². The quantitative estimate of drug-likeness (QED) is 0.867. The van der Waals surface area contributed by atoms with Gasteiger partial charge in [-0.1, -0.05) is 27.7 Å². The van der Waals surface area contributed by atoms with E-state index in [1.807, 2.05) is 49.9 Å². The molecule has 0 atom stereocenters. The van der Waals surface area contributed by atoms with E-state index < -0.39 is 0 Å². The van der Waals surface area contributed by atoms with Crippen molar-refractivity contribution in [1.29, 1.82) is 0 Å². The molecule has 146 valence electrons. The topological polar surface area (TPSA) is 68.4 Å². The van der Waals surface area contributed by atoms with Crippen molar-refractivity contribution in [2.45, 2.75) is 34.1 Å². The number of fused-ring (bicyclic) bond motifs is 1. The van der Waals surface area contributed by atoms with Gasteiger partial charge in [0.15, 0.2) is 0 Å². The minimum absolute atomic E-state index is 0.00230. The number of aromatic amines is 1. The Bertz CT molecular complexity index is 826. The maximum Gasteiger partial charge on any atom is 0.270 e. The number of amides is 2. The summed E-state index contributed by atoms with van der Waals surface area (Å²) < 4.78 is 0. The van der Waals surface area contributed by atoms with Crippen molar-refractivity contribution in [3.8, 4) is 0 Å². The molecule has 0 radical (unpaired) electrons. The lowest BCUT2D eigenvalue weighted by Crippen LogP contribution is -2.48.